The molecule has 0 saturated heterocycles. The molecule has 3 aromatic carbocycles. The van der Waals surface area contributed by atoms with Crippen LogP contribution in [-0.2, 0) is 16.7 Å². The summed E-state index contributed by atoms with van der Waals surface area (Å²) in [5, 5.41) is 10.9. The molecule has 0 aliphatic carbocycles. The molecule has 0 amide bonds. The van der Waals surface area contributed by atoms with Gasteiger partial charge in [-0.2, -0.15) is 8.42 Å². The van der Waals surface area contributed by atoms with Gasteiger partial charge in [0.1, 0.15) is 17.3 Å². The van der Waals surface area contributed by atoms with Gasteiger partial charge in [-0.3, -0.25) is 10.1 Å². The van der Waals surface area contributed by atoms with Gasteiger partial charge in [0.05, 0.1) is 24.2 Å². The van der Waals surface area contributed by atoms with Gasteiger partial charge in [0.15, 0.2) is 11.5 Å². The first kappa shape index (κ1) is 23.2. The fourth-order valence-electron chi connectivity index (χ4n) is 2.69. The Balaban J connectivity index is 1.74. The van der Waals surface area contributed by atoms with Crippen LogP contribution >= 0.6 is 11.6 Å². The minimum Gasteiger partial charge on any atom is -0.493 e. The zero-order valence-corrected chi connectivity index (χ0v) is 18.6. The summed E-state index contributed by atoms with van der Waals surface area (Å²) in [6, 6.07) is 14.5. The zero-order chi connectivity index (χ0) is 23.3. The van der Waals surface area contributed by atoms with Gasteiger partial charge >= 0.3 is 10.1 Å². The van der Waals surface area contributed by atoms with Crippen molar-refractivity contribution in [2.45, 2.75) is 11.5 Å². The summed E-state index contributed by atoms with van der Waals surface area (Å²) in [6.45, 7) is 0.0685. The molecule has 168 valence electrons. The van der Waals surface area contributed by atoms with E-state index in [-0.39, 0.29) is 45.2 Å². The lowest BCUT2D eigenvalue weighted by atomic mass is 10.2. The summed E-state index contributed by atoms with van der Waals surface area (Å²) in [4.78, 5) is 10.1. The van der Waals surface area contributed by atoms with E-state index in [0.717, 1.165) is 0 Å². The van der Waals surface area contributed by atoms with Crippen molar-refractivity contribution in [3.63, 3.8) is 0 Å². The third kappa shape index (κ3) is 5.21. The van der Waals surface area contributed by atoms with Crippen LogP contribution in [0.5, 0.6) is 23.0 Å². The number of para-hydroxylation sites is 1. The van der Waals surface area contributed by atoms with Crippen LogP contribution in [0.4, 0.5) is 5.69 Å². The summed E-state index contributed by atoms with van der Waals surface area (Å²) in [5.74, 6) is 0.620. The second-order valence-electron chi connectivity index (χ2n) is 6.33. The molecule has 0 N–H and O–H groups in total. The third-order valence-corrected chi connectivity index (χ3v) is 5.84. The van der Waals surface area contributed by atoms with Crippen molar-refractivity contribution in [2.75, 3.05) is 14.2 Å². The maximum Gasteiger partial charge on any atom is 0.339 e. The second-order valence-corrected chi connectivity index (χ2v) is 8.29. The number of benzene rings is 3. The lowest BCUT2D eigenvalue weighted by Gasteiger charge is -2.14. The highest BCUT2D eigenvalue weighted by Gasteiger charge is 2.22. The maximum atomic E-state index is 12.7. The summed E-state index contributed by atoms with van der Waals surface area (Å²) >= 11 is 6.01. The van der Waals surface area contributed by atoms with E-state index >= 15 is 0 Å². The fourth-order valence-corrected chi connectivity index (χ4v) is 3.87. The van der Waals surface area contributed by atoms with Crippen LogP contribution in [0.3, 0.4) is 0 Å². The molecule has 0 aliphatic rings. The standard InChI is InChI=1S/C21H18ClNO8S/c1-28-19-4-3-5-20(29-2)21(19)31-32(26,27)16-9-6-14(7-10-16)13-30-18-11-8-15(23(24)25)12-17(18)22/h3-12H,13H2,1-2H3. The third-order valence-electron chi connectivity index (χ3n) is 4.31. The van der Waals surface area contributed by atoms with Crippen LogP contribution in [0.25, 0.3) is 0 Å². The Hall–Kier alpha value is -3.50. The highest BCUT2D eigenvalue weighted by atomic mass is 35.5. The van der Waals surface area contributed by atoms with E-state index in [1.807, 2.05) is 0 Å². The van der Waals surface area contributed by atoms with Crippen LogP contribution in [-0.4, -0.2) is 27.6 Å². The molecule has 0 bridgehead atoms. The smallest absolute Gasteiger partial charge is 0.339 e. The van der Waals surface area contributed by atoms with E-state index in [1.165, 1.54) is 44.6 Å². The van der Waals surface area contributed by atoms with Crippen LogP contribution in [0.15, 0.2) is 65.6 Å². The van der Waals surface area contributed by atoms with Crippen molar-refractivity contribution in [3.8, 4) is 23.0 Å². The average Bonchev–Trinajstić information content (AvgIpc) is 2.78. The molecule has 3 rings (SSSR count). The number of nitro benzene ring substituents is 1. The SMILES string of the molecule is COc1cccc(OC)c1OS(=O)(=O)c1ccc(COc2ccc([N+](=O)[O-])cc2Cl)cc1. The Labute approximate surface area is 189 Å². The largest absolute Gasteiger partial charge is 0.493 e. The first-order chi connectivity index (χ1) is 15.2. The molecule has 0 fully saturated rings. The summed E-state index contributed by atoms with van der Waals surface area (Å²) in [7, 11) is -1.39. The lowest BCUT2D eigenvalue weighted by Crippen LogP contribution is -2.11. The topological polar surface area (TPSA) is 114 Å². The van der Waals surface area contributed by atoms with Crippen molar-refractivity contribution < 1.29 is 31.7 Å². The predicted molar refractivity (Wildman–Crippen MR) is 116 cm³/mol. The van der Waals surface area contributed by atoms with Crippen LogP contribution in [0.1, 0.15) is 5.56 Å². The normalized spacial score (nSPS) is 11.0. The van der Waals surface area contributed by atoms with Gasteiger partial charge in [-0.05, 0) is 35.9 Å². The van der Waals surface area contributed by atoms with Gasteiger partial charge in [-0.15, -0.1) is 0 Å². The monoisotopic (exact) mass is 479 g/mol. The molecule has 32 heavy (non-hydrogen) atoms. The zero-order valence-electron chi connectivity index (χ0n) is 17.0. The number of halogens is 1. The van der Waals surface area contributed by atoms with Crippen LogP contribution in [0, 0.1) is 10.1 Å². The molecule has 0 radical (unpaired) electrons. The molecular weight excluding hydrogens is 462 g/mol. The van der Waals surface area contributed by atoms with Crippen LogP contribution in [0.2, 0.25) is 5.02 Å². The summed E-state index contributed by atoms with van der Waals surface area (Å²) in [5.41, 5.74) is 0.497. The van der Waals surface area contributed by atoms with Gasteiger partial charge in [0.25, 0.3) is 5.69 Å². The van der Waals surface area contributed by atoms with Gasteiger partial charge < -0.3 is 18.4 Å². The molecule has 0 heterocycles. The molecule has 0 saturated carbocycles. The van der Waals surface area contributed by atoms with Crippen molar-refractivity contribution in [1.29, 1.82) is 0 Å². The summed E-state index contributed by atoms with van der Waals surface area (Å²) < 4.78 is 46.6. The Kier molecular flexibility index (Phi) is 7.06. The van der Waals surface area contributed by atoms with E-state index in [4.69, 9.17) is 30.0 Å². The molecular formula is C21H18ClNO8S. The molecule has 0 atom stereocenters. The van der Waals surface area contributed by atoms with E-state index in [2.05, 4.69) is 0 Å². The van der Waals surface area contributed by atoms with E-state index in [9.17, 15) is 18.5 Å². The Morgan fingerprint density at radius 1 is 0.938 bits per heavy atom. The minimum absolute atomic E-state index is 0.0577. The van der Waals surface area contributed by atoms with Crippen molar-refractivity contribution in [1.82, 2.24) is 0 Å². The number of hydrogen-bond acceptors (Lipinski definition) is 8. The van der Waals surface area contributed by atoms with Crippen molar-refractivity contribution >= 4 is 27.4 Å². The van der Waals surface area contributed by atoms with E-state index in [1.54, 1.807) is 30.3 Å². The fraction of sp³-hybridized carbons (Fsp3) is 0.143. The first-order valence-corrected chi connectivity index (χ1v) is 10.8. The number of ether oxygens (including phenoxy) is 3. The number of nitrogens with zero attached hydrogens (tertiary/aromatic N) is 1. The molecule has 11 heteroatoms. The molecule has 0 unspecified atom stereocenters. The Bertz CT molecular complexity index is 1210. The quantitative estimate of drug-likeness (QED) is 0.248. The molecule has 9 nitrogen and oxygen atoms in total. The molecule has 0 aliphatic heterocycles. The molecule has 3 aromatic rings. The number of rotatable bonds is 9. The van der Waals surface area contributed by atoms with E-state index in [0.29, 0.717) is 5.56 Å². The summed E-state index contributed by atoms with van der Waals surface area (Å²) in [6.07, 6.45) is 0. The predicted octanol–water partition coefficient (Wildman–Crippen LogP) is 4.61. The number of methoxy groups -OCH3 is 2. The average molecular weight is 480 g/mol. The Morgan fingerprint density at radius 3 is 2.09 bits per heavy atom. The number of nitro groups is 1. The second kappa shape index (κ2) is 9.75. The van der Waals surface area contributed by atoms with Crippen molar-refractivity contribution in [3.05, 3.63) is 81.4 Å². The minimum atomic E-state index is -4.17. The van der Waals surface area contributed by atoms with E-state index < -0.39 is 15.0 Å². The van der Waals surface area contributed by atoms with Gasteiger partial charge in [-0.25, -0.2) is 0 Å². The molecule has 0 spiro atoms. The number of non-ortho nitro benzene ring substituents is 1. The lowest BCUT2D eigenvalue weighted by molar-refractivity contribution is -0.384. The highest BCUT2D eigenvalue weighted by molar-refractivity contribution is 7.87. The highest BCUT2D eigenvalue weighted by Crippen LogP contribution is 2.38. The van der Waals surface area contributed by atoms with Gasteiger partial charge in [0.2, 0.25) is 5.75 Å². The number of hydrogen-bond donors (Lipinski definition) is 0. The molecule has 0 aromatic heterocycles. The van der Waals surface area contributed by atoms with Crippen molar-refractivity contribution in [2.24, 2.45) is 0 Å². The Morgan fingerprint density at radius 2 is 1.56 bits per heavy atom. The first-order valence-electron chi connectivity index (χ1n) is 9.06. The van der Waals surface area contributed by atoms with Gasteiger partial charge in [-0.1, -0.05) is 29.8 Å². The van der Waals surface area contributed by atoms with Gasteiger partial charge in [0, 0.05) is 12.1 Å². The van der Waals surface area contributed by atoms with Crippen LogP contribution < -0.4 is 18.4 Å². The maximum absolute atomic E-state index is 12.7.